The van der Waals surface area contributed by atoms with Crippen molar-refractivity contribution >= 4 is 37.4 Å². The van der Waals surface area contributed by atoms with E-state index in [0.717, 1.165) is 0 Å². The van der Waals surface area contributed by atoms with Gasteiger partial charge in [-0.1, -0.05) is 0 Å². The van der Waals surface area contributed by atoms with Crippen LogP contribution in [0.5, 0.6) is 0 Å². The van der Waals surface area contributed by atoms with E-state index in [9.17, 15) is 0 Å². The molecule has 5 heteroatoms. The van der Waals surface area contributed by atoms with Gasteiger partial charge in [0.25, 0.3) is 0 Å². The number of nitriles is 2. The van der Waals surface area contributed by atoms with E-state index < -0.39 is 37.4 Å². The minimum atomic E-state index is -0.477. The van der Waals surface area contributed by atoms with Gasteiger partial charge in [0, 0.05) is 0 Å². The summed E-state index contributed by atoms with van der Waals surface area (Å²) in [6.45, 7) is 0. The molecule has 0 aliphatic rings. The summed E-state index contributed by atoms with van der Waals surface area (Å²) in [5, 5.41) is 16.0. The van der Waals surface area contributed by atoms with E-state index in [2.05, 4.69) is 8.23 Å². The van der Waals surface area contributed by atoms with Gasteiger partial charge in [0.15, 0.2) is 0 Å². The Morgan fingerprint density at radius 2 is 1.57 bits per heavy atom. The Labute approximate surface area is 63.9 Å². The van der Waals surface area contributed by atoms with Crippen LogP contribution >= 0.6 is 0 Å². The molecule has 0 radical (unpaired) electrons. The fraction of sp³-hybridized carbons (Fsp3) is 0. The summed E-state index contributed by atoms with van der Waals surface area (Å²) >= 11 is -0.955. The maximum absolute atomic E-state index is 7.99. The molecule has 0 atom stereocenters. The molecule has 0 aromatic rings. The number of hydrogen-bond acceptors (Lipinski definition) is 2. The van der Waals surface area contributed by atoms with Crippen molar-refractivity contribution in [1.29, 1.82) is 10.5 Å². The monoisotopic (exact) mass is 375 g/mol. The average Bonchev–Trinajstić information content (AvgIpc) is 1.69. The van der Waals surface area contributed by atoms with Crippen molar-refractivity contribution in [2.45, 2.75) is 0 Å². The second kappa shape index (κ2) is 7.08. The first-order valence-corrected chi connectivity index (χ1v) is 9.99. The van der Waals surface area contributed by atoms with Gasteiger partial charge in [0.1, 0.15) is 0 Å². The van der Waals surface area contributed by atoms with Gasteiger partial charge >= 0.3 is 64.7 Å². The van der Waals surface area contributed by atoms with Crippen molar-refractivity contribution in [2.75, 3.05) is 0 Å². The van der Waals surface area contributed by atoms with Crippen molar-refractivity contribution in [2.24, 2.45) is 0 Å². The summed E-state index contributed by atoms with van der Waals surface area (Å²) < 4.78 is 4.14. The van der Waals surface area contributed by atoms with Gasteiger partial charge < -0.3 is 0 Å². The summed E-state index contributed by atoms with van der Waals surface area (Å²) in [7, 11) is 1.67. The number of hydrogen-bond donors (Lipinski definition) is 0. The molecule has 0 heterocycles. The van der Waals surface area contributed by atoms with Gasteiger partial charge in [-0.3, -0.25) is 0 Å². The third-order valence-corrected chi connectivity index (χ3v) is 10.8. The molecule has 0 rings (SSSR count). The van der Waals surface area contributed by atoms with Gasteiger partial charge in [-0.2, -0.15) is 0 Å². The third-order valence-electron chi connectivity index (χ3n) is 0.105. The predicted octanol–water partition coefficient (Wildman–Crippen LogP) is -0.731. The quantitative estimate of drug-likeness (QED) is 0.475. The van der Waals surface area contributed by atoms with Crippen molar-refractivity contribution in [3.05, 3.63) is 0 Å². The Kier molecular flexibility index (Phi) is 8.17. The summed E-state index contributed by atoms with van der Waals surface area (Å²) in [4.78, 5) is 0. The Bertz CT molecular complexity index is 97.8. The zero-order chi connectivity index (χ0) is 5.54. The first-order valence-electron chi connectivity index (χ1n) is 1.10. The predicted molar refractivity (Wildman–Crippen MR) is 22.7 cm³/mol. The molecule has 0 bridgehead atoms. The van der Waals surface area contributed by atoms with Crippen molar-refractivity contribution in [3.8, 4) is 8.23 Å². The van der Waals surface area contributed by atoms with Gasteiger partial charge in [-0.15, -0.1) is 0 Å². The standard InChI is InChI=1S/2CHNTe.Cu/c2*2-1-3;/h2*3H;/q;;+2/p-2. The average molecular weight is 371 g/mol. The molecule has 0 aliphatic heterocycles. The van der Waals surface area contributed by atoms with Crippen LogP contribution in [0.1, 0.15) is 0 Å². The molecule has 0 unspecified atom stereocenters. The molecule has 0 amide bonds. The molecule has 0 aromatic carbocycles. The van der Waals surface area contributed by atoms with Crippen LogP contribution in [0, 0.1) is 18.8 Å². The molecule has 2 nitrogen and oxygen atoms in total. The van der Waals surface area contributed by atoms with E-state index in [1.165, 1.54) is 0 Å². The van der Waals surface area contributed by atoms with Crippen molar-refractivity contribution in [3.63, 3.8) is 0 Å². The first-order chi connectivity index (χ1) is 3.41. The zero-order valence-electron chi connectivity index (χ0n) is 3.01. The Morgan fingerprint density at radius 3 is 1.86 bits per heavy atom. The van der Waals surface area contributed by atoms with Gasteiger partial charge in [0.05, 0.1) is 0 Å². The van der Waals surface area contributed by atoms with E-state index >= 15 is 0 Å². The van der Waals surface area contributed by atoms with Crippen LogP contribution in [0.25, 0.3) is 0 Å². The summed E-state index contributed by atoms with van der Waals surface area (Å²) in [5.41, 5.74) is 0. The van der Waals surface area contributed by atoms with Crippen LogP contribution < -0.4 is 0 Å². The van der Waals surface area contributed by atoms with Crippen LogP contribution in [0.2, 0.25) is 0 Å². The normalized spacial score (nSPS) is 7.14. The minimum absolute atomic E-state index is 0.477. The van der Waals surface area contributed by atoms with Gasteiger partial charge in [-0.05, 0) is 0 Å². The Hall–Kier alpha value is 1.08. The molecule has 0 N–H and O–H groups in total. The molecule has 7 heavy (non-hydrogen) atoms. The fourth-order valence-electron chi connectivity index (χ4n) is 0.0350. The topological polar surface area (TPSA) is 47.6 Å². The van der Waals surface area contributed by atoms with Crippen molar-refractivity contribution < 1.29 is 8.59 Å². The van der Waals surface area contributed by atoms with E-state index in [1.54, 1.807) is 8.59 Å². The van der Waals surface area contributed by atoms with Crippen LogP contribution in [-0.4, -0.2) is 37.4 Å². The van der Waals surface area contributed by atoms with Crippen LogP contribution in [0.3, 0.4) is 0 Å². The summed E-state index contributed by atoms with van der Waals surface area (Å²) in [5.74, 6) is 0. The Morgan fingerprint density at radius 1 is 1.14 bits per heavy atom. The third kappa shape index (κ3) is 7.08. The SMILES string of the molecule is N#C[Te][Cu][Te]C#N. The maximum atomic E-state index is 7.99. The van der Waals surface area contributed by atoms with Crippen LogP contribution in [0.15, 0.2) is 0 Å². The van der Waals surface area contributed by atoms with Gasteiger partial charge in [-0.25, -0.2) is 0 Å². The first kappa shape index (κ1) is 8.08. The molecule has 41 valence electrons. The van der Waals surface area contributed by atoms with E-state index in [1.807, 2.05) is 0 Å². The molecule has 0 aromatic heterocycles. The van der Waals surface area contributed by atoms with Crippen LogP contribution in [0.4, 0.5) is 0 Å². The zero-order valence-corrected chi connectivity index (χ0v) is 8.61. The van der Waals surface area contributed by atoms with Crippen molar-refractivity contribution in [1.82, 2.24) is 0 Å². The Balaban J connectivity index is 2.77. The number of rotatable bonds is 2. The molecule has 0 fully saturated rings. The van der Waals surface area contributed by atoms with E-state index in [0.29, 0.717) is 0 Å². The summed E-state index contributed by atoms with van der Waals surface area (Å²) in [6.07, 6.45) is 0. The molecule has 0 spiro atoms. The second-order valence-corrected chi connectivity index (χ2v) is 14.0. The molecule has 0 saturated heterocycles. The molecular weight excluding hydrogens is 371 g/mol. The fourth-order valence-corrected chi connectivity index (χ4v) is 6.50. The molecule has 0 saturated carbocycles. The molecule has 0 aliphatic carbocycles. The van der Waals surface area contributed by atoms with E-state index in [4.69, 9.17) is 10.5 Å². The summed E-state index contributed by atoms with van der Waals surface area (Å²) in [6, 6.07) is 0. The van der Waals surface area contributed by atoms with E-state index in [-0.39, 0.29) is 0 Å². The second-order valence-electron chi connectivity index (χ2n) is 0.356. The number of nitrogens with zero attached hydrogens (tertiary/aromatic N) is 2. The van der Waals surface area contributed by atoms with Gasteiger partial charge in [0.2, 0.25) is 0 Å². The van der Waals surface area contributed by atoms with Crippen LogP contribution in [-0.2, 0) is 8.59 Å². The molecular formula is C2CuN2Te2.